The summed E-state index contributed by atoms with van der Waals surface area (Å²) in [5, 5.41) is 4.90. The fourth-order valence-corrected chi connectivity index (χ4v) is 1.78. The van der Waals surface area contributed by atoms with Gasteiger partial charge >= 0.3 is 6.03 Å². The van der Waals surface area contributed by atoms with Crippen molar-refractivity contribution in [1.29, 1.82) is 0 Å². The molecule has 0 unspecified atom stereocenters. The first-order valence-electron chi connectivity index (χ1n) is 5.75. The van der Waals surface area contributed by atoms with E-state index in [-0.39, 0.29) is 5.02 Å². The molecule has 2 aromatic rings. The summed E-state index contributed by atoms with van der Waals surface area (Å²) < 4.78 is 26.3. The molecule has 0 aliphatic heterocycles. The molecule has 0 atom stereocenters. The Morgan fingerprint density at radius 1 is 1.10 bits per heavy atom. The summed E-state index contributed by atoms with van der Waals surface area (Å²) in [5.41, 5.74) is 1.03. The van der Waals surface area contributed by atoms with Crippen LogP contribution in [0.4, 0.5) is 25.0 Å². The standard InChI is InChI=1S/C14H11ClF2N2O/c1-8-11(16)3-2-4-13(8)19-14(20)18-9-5-6-12(17)10(15)7-9/h2-7H,1H3,(H2,18,19,20). The van der Waals surface area contributed by atoms with E-state index in [1.165, 1.54) is 24.3 Å². The molecular formula is C14H11ClF2N2O. The normalized spacial score (nSPS) is 10.2. The average Bonchev–Trinajstić information content (AvgIpc) is 2.39. The van der Waals surface area contributed by atoms with E-state index in [2.05, 4.69) is 10.6 Å². The van der Waals surface area contributed by atoms with Gasteiger partial charge in [-0.3, -0.25) is 0 Å². The highest BCUT2D eigenvalue weighted by Gasteiger charge is 2.08. The number of rotatable bonds is 2. The SMILES string of the molecule is Cc1c(F)cccc1NC(=O)Nc1ccc(F)c(Cl)c1. The highest BCUT2D eigenvalue weighted by Crippen LogP contribution is 2.20. The predicted octanol–water partition coefficient (Wildman–Crippen LogP) is 4.57. The second-order valence-electron chi connectivity index (χ2n) is 4.12. The van der Waals surface area contributed by atoms with Gasteiger partial charge in [0.2, 0.25) is 0 Å². The maximum atomic E-state index is 13.3. The Morgan fingerprint density at radius 2 is 1.85 bits per heavy atom. The zero-order valence-corrected chi connectivity index (χ0v) is 11.3. The van der Waals surface area contributed by atoms with Gasteiger partial charge in [0.15, 0.2) is 0 Å². The topological polar surface area (TPSA) is 41.1 Å². The van der Waals surface area contributed by atoms with Crippen molar-refractivity contribution in [3.05, 3.63) is 58.6 Å². The van der Waals surface area contributed by atoms with Crippen molar-refractivity contribution >= 4 is 29.0 Å². The molecule has 0 spiro atoms. The Balaban J connectivity index is 2.09. The van der Waals surface area contributed by atoms with Crippen LogP contribution in [-0.2, 0) is 0 Å². The van der Waals surface area contributed by atoms with E-state index in [1.54, 1.807) is 13.0 Å². The molecular weight excluding hydrogens is 286 g/mol. The Morgan fingerprint density at radius 3 is 2.55 bits per heavy atom. The third-order valence-electron chi connectivity index (χ3n) is 2.69. The van der Waals surface area contributed by atoms with Crippen LogP contribution in [0.15, 0.2) is 36.4 Å². The van der Waals surface area contributed by atoms with Gasteiger partial charge in [0.05, 0.1) is 5.02 Å². The monoisotopic (exact) mass is 296 g/mol. The number of urea groups is 1. The van der Waals surface area contributed by atoms with E-state index in [4.69, 9.17) is 11.6 Å². The summed E-state index contributed by atoms with van der Waals surface area (Å²) in [6, 6.07) is 7.61. The van der Waals surface area contributed by atoms with Crippen LogP contribution in [0, 0.1) is 18.6 Å². The van der Waals surface area contributed by atoms with Crippen molar-refractivity contribution in [1.82, 2.24) is 0 Å². The number of carbonyl (C=O) groups is 1. The number of hydrogen-bond donors (Lipinski definition) is 2. The molecule has 0 aliphatic rings. The fourth-order valence-electron chi connectivity index (χ4n) is 1.60. The fraction of sp³-hybridized carbons (Fsp3) is 0.0714. The minimum atomic E-state index is -0.571. The lowest BCUT2D eigenvalue weighted by molar-refractivity contribution is 0.262. The van der Waals surface area contributed by atoms with Gasteiger partial charge in [-0.2, -0.15) is 0 Å². The first-order valence-corrected chi connectivity index (χ1v) is 6.13. The molecule has 0 aromatic heterocycles. The van der Waals surface area contributed by atoms with E-state index < -0.39 is 17.7 Å². The van der Waals surface area contributed by atoms with E-state index in [0.717, 1.165) is 6.07 Å². The summed E-state index contributed by atoms with van der Waals surface area (Å²) in [5.74, 6) is -0.980. The summed E-state index contributed by atoms with van der Waals surface area (Å²) in [4.78, 5) is 11.8. The molecule has 0 saturated heterocycles. The molecule has 0 saturated carbocycles. The number of carbonyl (C=O) groups excluding carboxylic acids is 1. The predicted molar refractivity (Wildman–Crippen MR) is 75.2 cm³/mol. The Bertz CT molecular complexity index is 662. The maximum Gasteiger partial charge on any atom is 0.323 e. The highest BCUT2D eigenvalue weighted by atomic mass is 35.5. The Kier molecular flexibility index (Phi) is 4.20. The van der Waals surface area contributed by atoms with Crippen LogP contribution in [-0.4, -0.2) is 6.03 Å². The first kappa shape index (κ1) is 14.3. The van der Waals surface area contributed by atoms with Crippen molar-refractivity contribution in [2.24, 2.45) is 0 Å². The number of nitrogens with one attached hydrogen (secondary N) is 2. The minimum absolute atomic E-state index is 0.0928. The average molecular weight is 297 g/mol. The largest absolute Gasteiger partial charge is 0.323 e. The smallest absolute Gasteiger partial charge is 0.308 e. The molecule has 2 aromatic carbocycles. The van der Waals surface area contributed by atoms with E-state index in [9.17, 15) is 13.6 Å². The Labute approximate surface area is 119 Å². The van der Waals surface area contributed by atoms with Gasteiger partial charge in [-0.25, -0.2) is 13.6 Å². The summed E-state index contributed by atoms with van der Waals surface area (Å²) in [7, 11) is 0. The summed E-state index contributed by atoms with van der Waals surface area (Å²) in [6.45, 7) is 1.56. The van der Waals surface area contributed by atoms with Crippen LogP contribution in [0.5, 0.6) is 0 Å². The zero-order chi connectivity index (χ0) is 14.7. The number of anilines is 2. The lowest BCUT2D eigenvalue weighted by atomic mass is 10.2. The third-order valence-corrected chi connectivity index (χ3v) is 2.98. The van der Waals surface area contributed by atoms with Crippen molar-refractivity contribution in [2.45, 2.75) is 6.92 Å². The van der Waals surface area contributed by atoms with Gasteiger partial charge in [-0.1, -0.05) is 17.7 Å². The first-order chi connectivity index (χ1) is 9.47. The maximum absolute atomic E-state index is 13.3. The van der Waals surface area contributed by atoms with Crippen molar-refractivity contribution in [3.63, 3.8) is 0 Å². The van der Waals surface area contributed by atoms with Crippen LogP contribution >= 0.6 is 11.6 Å². The van der Waals surface area contributed by atoms with Crippen molar-refractivity contribution in [3.8, 4) is 0 Å². The molecule has 0 aliphatic carbocycles. The van der Waals surface area contributed by atoms with Gasteiger partial charge < -0.3 is 10.6 Å². The number of benzene rings is 2. The number of hydrogen-bond acceptors (Lipinski definition) is 1. The third kappa shape index (κ3) is 3.24. The van der Waals surface area contributed by atoms with E-state index in [1.807, 2.05) is 0 Å². The molecule has 2 amide bonds. The lowest BCUT2D eigenvalue weighted by Crippen LogP contribution is -2.20. The molecule has 104 valence electrons. The van der Waals surface area contributed by atoms with Crippen LogP contribution in [0.2, 0.25) is 5.02 Å². The number of halogens is 3. The van der Waals surface area contributed by atoms with Gasteiger partial charge in [0, 0.05) is 16.9 Å². The molecule has 20 heavy (non-hydrogen) atoms. The van der Waals surface area contributed by atoms with Crippen molar-refractivity contribution < 1.29 is 13.6 Å². The lowest BCUT2D eigenvalue weighted by Gasteiger charge is -2.10. The van der Waals surface area contributed by atoms with Gasteiger partial charge in [0.25, 0.3) is 0 Å². The van der Waals surface area contributed by atoms with Gasteiger partial charge in [0.1, 0.15) is 11.6 Å². The molecule has 0 fully saturated rings. The molecule has 0 heterocycles. The van der Waals surface area contributed by atoms with Crippen LogP contribution < -0.4 is 10.6 Å². The van der Waals surface area contributed by atoms with Crippen LogP contribution in [0.3, 0.4) is 0 Å². The van der Waals surface area contributed by atoms with Gasteiger partial charge in [-0.15, -0.1) is 0 Å². The minimum Gasteiger partial charge on any atom is -0.308 e. The second-order valence-corrected chi connectivity index (χ2v) is 4.53. The number of amides is 2. The quantitative estimate of drug-likeness (QED) is 0.837. The van der Waals surface area contributed by atoms with Crippen LogP contribution in [0.1, 0.15) is 5.56 Å². The van der Waals surface area contributed by atoms with Crippen LogP contribution in [0.25, 0.3) is 0 Å². The zero-order valence-electron chi connectivity index (χ0n) is 10.5. The molecule has 0 bridgehead atoms. The Hall–Kier alpha value is -2.14. The van der Waals surface area contributed by atoms with E-state index >= 15 is 0 Å². The molecule has 6 heteroatoms. The van der Waals surface area contributed by atoms with E-state index in [0.29, 0.717) is 16.9 Å². The summed E-state index contributed by atoms with van der Waals surface area (Å²) >= 11 is 5.61. The molecule has 2 rings (SSSR count). The highest BCUT2D eigenvalue weighted by molar-refractivity contribution is 6.31. The molecule has 0 radical (unpaired) electrons. The second kappa shape index (κ2) is 5.88. The molecule has 2 N–H and O–H groups in total. The van der Waals surface area contributed by atoms with Crippen molar-refractivity contribution in [2.75, 3.05) is 10.6 Å². The summed E-state index contributed by atoms with van der Waals surface area (Å²) in [6.07, 6.45) is 0. The molecule has 3 nitrogen and oxygen atoms in total. The van der Waals surface area contributed by atoms with Gasteiger partial charge in [-0.05, 0) is 37.3 Å².